The van der Waals surface area contributed by atoms with Crippen LogP contribution in [0.5, 0.6) is 0 Å². The Labute approximate surface area is 218 Å². The van der Waals surface area contributed by atoms with Crippen LogP contribution in [0.1, 0.15) is 22.9 Å². The monoisotopic (exact) mass is 530 g/mol. The summed E-state index contributed by atoms with van der Waals surface area (Å²) >= 11 is 2.68. The molecule has 0 spiro atoms. The molecule has 2 aromatic carbocycles. The molecule has 0 saturated heterocycles. The van der Waals surface area contributed by atoms with Crippen LogP contribution < -0.4 is 5.56 Å². The molecule has 3 aromatic heterocycles. The summed E-state index contributed by atoms with van der Waals surface area (Å²) in [4.78, 5) is 34.3. The van der Waals surface area contributed by atoms with Gasteiger partial charge in [0.25, 0.3) is 11.5 Å². The Hall–Kier alpha value is -4.09. The zero-order chi connectivity index (χ0) is 25.4. The molecule has 6 rings (SSSR count). The summed E-state index contributed by atoms with van der Waals surface area (Å²) in [6.07, 6.45) is 2.01. The minimum absolute atomic E-state index is 0.00678. The van der Waals surface area contributed by atoms with E-state index in [1.807, 2.05) is 47.8 Å². The first-order chi connectivity index (χ1) is 18.1. The molecule has 11 heteroatoms. The van der Waals surface area contributed by atoms with Gasteiger partial charge in [0.05, 0.1) is 34.3 Å². The predicted octanol–water partition coefficient (Wildman–Crippen LogP) is 4.78. The van der Waals surface area contributed by atoms with Gasteiger partial charge in [-0.1, -0.05) is 48.2 Å². The second kappa shape index (κ2) is 9.75. The summed E-state index contributed by atoms with van der Waals surface area (Å²) < 4.78 is 15.1. The van der Waals surface area contributed by atoms with Crippen molar-refractivity contribution >= 4 is 45.8 Å². The SMILES string of the molecule is O=C(CSc1nc2c(cnn2-c2ccccc2)c(=O)[nH]1)N1N=C(c2cccs2)C[C@H]1c1ccc(F)cc1. The van der Waals surface area contributed by atoms with Crippen LogP contribution in [0.25, 0.3) is 16.7 Å². The van der Waals surface area contributed by atoms with Crippen LogP contribution in [-0.2, 0) is 4.79 Å². The number of fused-ring (bicyclic) bond motifs is 1. The average Bonchev–Trinajstić information content (AvgIpc) is 3.68. The molecule has 1 atom stereocenters. The molecule has 8 nitrogen and oxygen atoms in total. The number of benzene rings is 2. The highest BCUT2D eigenvalue weighted by atomic mass is 32.2. The van der Waals surface area contributed by atoms with Gasteiger partial charge in [-0.25, -0.2) is 19.1 Å². The van der Waals surface area contributed by atoms with E-state index in [2.05, 4.69) is 20.2 Å². The Morgan fingerprint density at radius 2 is 1.92 bits per heavy atom. The van der Waals surface area contributed by atoms with Gasteiger partial charge in [-0.15, -0.1) is 11.3 Å². The fraction of sp³-hybridized carbons (Fsp3) is 0.115. The molecule has 0 unspecified atom stereocenters. The number of amides is 1. The van der Waals surface area contributed by atoms with E-state index in [-0.39, 0.29) is 29.1 Å². The minimum atomic E-state index is -0.347. The highest BCUT2D eigenvalue weighted by Crippen LogP contribution is 2.34. The molecule has 5 aromatic rings. The average molecular weight is 531 g/mol. The number of thiophene rings is 1. The van der Waals surface area contributed by atoms with Crippen LogP contribution in [0, 0.1) is 5.82 Å². The number of H-pyrrole nitrogens is 1. The molecule has 37 heavy (non-hydrogen) atoms. The van der Waals surface area contributed by atoms with E-state index in [1.165, 1.54) is 23.3 Å². The first kappa shape index (κ1) is 23.3. The molecule has 184 valence electrons. The lowest BCUT2D eigenvalue weighted by atomic mass is 10.0. The molecule has 4 heterocycles. The second-order valence-corrected chi connectivity index (χ2v) is 10.2. The van der Waals surface area contributed by atoms with E-state index in [0.29, 0.717) is 22.6 Å². The summed E-state index contributed by atoms with van der Waals surface area (Å²) in [5.41, 5.74) is 2.47. The van der Waals surface area contributed by atoms with Crippen molar-refractivity contribution in [3.05, 3.63) is 105 Å². The zero-order valence-electron chi connectivity index (χ0n) is 19.2. The van der Waals surface area contributed by atoms with E-state index in [0.717, 1.165) is 33.6 Å². The number of aromatic amines is 1. The highest BCUT2D eigenvalue weighted by molar-refractivity contribution is 7.99. The summed E-state index contributed by atoms with van der Waals surface area (Å²) in [5.74, 6) is -0.577. The van der Waals surface area contributed by atoms with E-state index in [9.17, 15) is 14.0 Å². The van der Waals surface area contributed by atoms with Gasteiger partial charge in [0.2, 0.25) is 0 Å². The Kier molecular flexibility index (Phi) is 6.15. The van der Waals surface area contributed by atoms with Crippen LogP contribution in [0.3, 0.4) is 0 Å². The van der Waals surface area contributed by atoms with Crippen LogP contribution in [0.2, 0.25) is 0 Å². The molecule has 0 radical (unpaired) electrons. The maximum Gasteiger partial charge on any atom is 0.262 e. The fourth-order valence-electron chi connectivity index (χ4n) is 4.20. The summed E-state index contributed by atoms with van der Waals surface area (Å²) in [6, 6.07) is 19.1. The maximum absolute atomic E-state index is 13.5. The number of aromatic nitrogens is 4. The fourth-order valence-corrected chi connectivity index (χ4v) is 5.63. The summed E-state index contributed by atoms with van der Waals surface area (Å²) in [7, 11) is 0. The molecular formula is C26H19FN6O2S2. The topological polar surface area (TPSA) is 96.2 Å². The second-order valence-electron chi connectivity index (χ2n) is 8.32. The standard InChI is InChI=1S/C26H19FN6O2S2/c27-17-10-8-16(9-11-17)21-13-20(22-7-4-12-36-22)31-33(21)23(34)15-37-26-29-24-19(25(35)30-26)14-28-32(24)18-5-2-1-3-6-18/h1-12,14,21H,13,15H2,(H,29,30,35)/t21-/m0/s1. The van der Waals surface area contributed by atoms with Gasteiger partial charge < -0.3 is 4.98 Å². The van der Waals surface area contributed by atoms with Gasteiger partial charge in [0.15, 0.2) is 10.8 Å². The number of carbonyl (C=O) groups excluding carboxylic acids is 1. The Bertz CT molecular complexity index is 1660. The summed E-state index contributed by atoms with van der Waals surface area (Å²) in [5, 5.41) is 13.0. The molecule has 1 amide bonds. The van der Waals surface area contributed by atoms with Crippen molar-refractivity contribution in [1.29, 1.82) is 0 Å². The van der Waals surface area contributed by atoms with Gasteiger partial charge >= 0.3 is 0 Å². The number of hydrogen-bond donors (Lipinski definition) is 1. The largest absolute Gasteiger partial charge is 0.301 e. The number of hydrogen-bond acceptors (Lipinski definition) is 7. The molecule has 1 aliphatic heterocycles. The first-order valence-corrected chi connectivity index (χ1v) is 13.3. The van der Waals surface area contributed by atoms with E-state index >= 15 is 0 Å². The molecule has 1 aliphatic rings. The summed E-state index contributed by atoms with van der Waals surface area (Å²) in [6.45, 7) is 0. The molecule has 1 N–H and O–H groups in total. The maximum atomic E-state index is 13.5. The van der Waals surface area contributed by atoms with Crippen molar-refractivity contribution in [1.82, 2.24) is 24.8 Å². The van der Waals surface area contributed by atoms with Gasteiger partial charge in [0, 0.05) is 6.42 Å². The third-order valence-electron chi connectivity index (χ3n) is 5.98. The Balaban J connectivity index is 1.27. The van der Waals surface area contributed by atoms with Crippen molar-refractivity contribution < 1.29 is 9.18 Å². The number of halogens is 1. The normalized spacial score (nSPS) is 15.3. The lowest BCUT2D eigenvalue weighted by Gasteiger charge is -2.21. The van der Waals surface area contributed by atoms with Crippen molar-refractivity contribution in [3.8, 4) is 5.69 Å². The zero-order valence-corrected chi connectivity index (χ0v) is 20.9. The van der Waals surface area contributed by atoms with Crippen LogP contribution in [0.4, 0.5) is 4.39 Å². The van der Waals surface area contributed by atoms with E-state index < -0.39 is 0 Å². The predicted molar refractivity (Wildman–Crippen MR) is 142 cm³/mol. The number of nitrogens with one attached hydrogen (secondary N) is 1. The molecule has 0 saturated carbocycles. The van der Waals surface area contributed by atoms with Crippen molar-refractivity contribution in [2.24, 2.45) is 5.10 Å². The first-order valence-electron chi connectivity index (χ1n) is 11.4. The van der Waals surface area contributed by atoms with Crippen molar-refractivity contribution in [2.75, 3.05) is 5.75 Å². The number of thioether (sulfide) groups is 1. The third-order valence-corrected chi connectivity index (χ3v) is 7.75. The van der Waals surface area contributed by atoms with Gasteiger partial charge in [0.1, 0.15) is 11.2 Å². The van der Waals surface area contributed by atoms with Gasteiger partial charge in [-0.3, -0.25) is 9.59 Å². The van der Waals surface area contributed by atoms with Gasteiger partial charge in [-0.05, 0) is 41.3 Å². The highest BCUT2D eigenvalue weighted by Gasteiger charge is 2.33. The van der Waals surface area contributed by atoms with Crippen LogP contribution in [0.15, 0.2) is 93.4 Å². The third kappa shape index (κ3) is 4.58. The Morgan fingerprint density at radius 3 is 2.68 bits per heavy atom. The van der Waals surface area contributed by atoms with E-state index in [1.54, 1.807) is 28.2 Å². The number of nitrogens with zero attached hydrogens (tertiary/aromatic N) is 5. The number of hydrazone groups is 1. The molecule has 0 aliphatic carbocycles. The lowest BCUT2D eigenvalue weighted by molar-refractivity contribution is -0.130. The number of carbonyl (C=O) groups is 1. The van der Waals surface area contributed by atoms with Crippen LogP contribution in [-0.4, -0.2) is 42.1 Å². The number of rotatable bonds is 6. The van der Waals surface area contributed by atoms with Crippen molar-refractivity contribution in [3.63, 3.8) is 0 Å². The molecular weight excluding hydrogens is 511 g/mol. The smallest absolute Gasteiger partial charge is 0.262 e. The Morgan fingerprint density at radius 1 is 1.11 bits per heavy atom. The van der Waals surface area contributed by atoms with Crippen molar-refractivity contribution in [2.45, 2.75) is 17.6 Å². The van der Waals surface area contributed by atoms with Gasteiger partial charge in [-0.2, -0.15) is 10.2 Å². The quantitative estimate of drug-likeness (QED) is 0.252. The molecule has 0 fully saturated rings. The minimum Gasteiger partial charge on any atom is -0.301 e. The van der Waals surface area contributed by atoms with E-state index in [4.69, 9.17) is 0 Å². The lowest BCUT2D eigenvalue weighted by Crippen LogP contribution is -2.28. The number of para-hydroxylation sites is 1. The van der Waals surface area contributed by atoms with Crippen LogP contribution >= 0.6 is 23.1 Å². The molecule has 0 bridgehead atoms.